The van der Waals surface area contributed by atoms with Gasteiger partial charge >= 0.3 is 0 Å². The Kier molecular flexibility index (Phi) is 6.07. The van der Waals surface area contributed by atoms with Crippen LogP contribution in [0.25, 0.3) is 22.3 Å². The number of non-ortho nitro benzene ring substituents is 1. The number of nitro groups is 1. The molecule has 2 heterocycles. The Balaban J connectivity index is 1.44. The first-order valence-corrected chi connectivity index (χ1v) is 11.2. The summed E-state index contributed by atoms with van der Waals surface area (Å²) in [7, 11) is 0. The first kappa shape index (κ1) is 21.8. The van der Waals surface area contributed by atoms with E-state index in [9.17, 15) is 14.9 Å². The van der Waals surface area contributed by atoms with E-state index < -0.39 is 10.8 Å². The van der Waals surface area contributed by atoms with Crippen LogP contribution in [0.3, 0.4) is 0 Å². The van der Waals surface area contributed by atoms with E-state index in [1.54, 1.807) is 12.1 Å². The molecule has 8 nitrogen and oxygen atoms in total. The summed E-state index contributed by atoms with van der Waals surface area (Å²) in [6.45, 7) is 4.85. The summed E-state index contributed by atoms with van der Waals surface area (Å²) in [6.07, 6.45) is 0. The molecule has 0 spiro atoms. The minimum atomic E-state index is -0.517. The lowest BCUT2D eigenvalue weighted by atomic mass is 10.1. The summed E-state index contributed by atoms with van der Waals surface area (Å²) in [4.78, 5) is 25.8. The molecule has 3 aromatic carbocycles. The Morgan fingerprint density at radius 1 is 1.03 bits per heavy atom. The molecule has 0 radical (unpaired) electrons. The van der Waals surface area contributed by atoms with E-state index in [0.29, 0.717) is 11.4 Å². The number of anilines is 1. The molecule has 1 aliphatic heterocycles. The van der Waals surface area contributed by atoms with Gasteiger partial charge in [-0.15, -0.1) is 0 Å². The number of furan rings is 1. The van der Waals surface area contributed by atoms with Crippen molar-refractivity contribution >= 4 is 28.3 Å². The second kappa shape index (κ2) is 9.46. The van der Waals surface area contributed by atoms with Crippen LogP contribution in [0.2, 0.25) is 0 Å². The number of benzene rings is 3. The highest BCUT2D eigenvalue weighted by molar-refractivity contribution is 6.06. The van der Waals surface area contributed by atoms with Gasteiger partial charge in [-0.1, -0.05) is 30.3 Å². The van der Waals surface area contributed by atoms with E-state index in [-0.39, 0.29) is 11.3 Å². The van der Waals surface area contributed by atoms with Crippen molar-refractivity contribution in [2.45, 2.75) is 6.54 Å². The molecule has 172 valence electrons. The first-order valence-electron chi connectivity index (χ1n) is 11.2. The summed E-state index contributed by atoms with van der Waals surface area (Å²) in [5.74, 6) is 0.226. The lowest BCUT2D eigenvalue weighted by Crippen LogP contribution is -2.42. The van der Waals surface area contributed by atoms with Gasteiger partial charge in [-0.05, 0) is 35.9 Å². The summed E-state index contributed by atoms with van der Waals surface area (Å²) < 4.78 is 6.19. The van der Waals surface area contributed by atoms with Crippen molar-refractivity contribution in [1.29, 1.82) is 0 Å². The van der Waals surface area contributed by atoms with E-state index in [1.807, 2.05) is 36.4 Å². The standard InChI is InChI=1S/C26H24N4O4/c31-26(18-5-3-7-20(15-18)30(32)33)28-23-9-2-1-8-21(23)25-16-22-19(6-4-10-24(22)34-25)17-29-13-11-27-12-14-29/h1-10,15-16,27H,11-14,17H2,(H,28,31). The quantitative estimate of drug-likeness (QED) is 0.323. The molecule has 1 fully saturated rings. The highest BCUT2D eigenvalue weighted by atomic mass is 16.6. The minimum Gasteiger partial charge on any atom is -0.456 e. The lowest BCUT2D eigenvalue weighted by molar-refractivity contribution is -0.384. The van der Waals surface area contributed by atoms with Crippen molar-refractivity contribution in [1.82, 2.24) is 10.2 Å². The molecule has 0 bridgehead atoms. The third kappa shape index (κ3) is 4.54. The zero-order chi connectivity index (χ0) is 23.5. The Bertz CT molecular complexity index is 1360. The first-order chi connectivity index (χ1) is 16.6. The molecule has 1 aliphatic rings. The molecule has 0 unspecified atom stereocenters. The number of fused-ring (bicyclic) bond motifs is 1. The average Bonchev–Trinajstić information content (AvgIpc) is 3.30. The number of carbonyl (C=O) groups excluding carboxylic acids is 1. The van der Waals surface area contributed by atoms with Crippen LogP contribution in [-0.4, -0.2) is 41.9 Å². The van der Waals surface area contributed by atoms with Crippen molar-refractivity contribution in [2.75, 3.05) is 31.5 Å². The Morgan fingerprint density at radius 2 is 1.82 bits per heavy atom. The molecule has 5 rings (SSSR count). The highest BCUT2D eigenvalue weighted by Crippen LogP contribution is 2.34. The number of amides is 1. The van der Waals surface area contributed by atoms with Crippen molar-refractivity contribution in [3.8, 4) is 11.3 Å². The Morgan fingerprint density at radius 3 is 2.65 bits per heavy atom. The van der Waals surface area contributed by atoms with E-state index in [1.165, 1.54) is 23.8 Å². The number of hydrogen-bond acceptors (Lipinski definition) is 6. The SMILES string of the molecule is O=C(Nc1ccccc1-c1cc2c(CN3CCNCC3)cccc2o1)c1cccc([N+](=O)[O-])c1. The van der Waals surface area contributed by atoms with Crippen molar-refractivity contribution in [3.05, 3.63) is 94.0 Å². The van der Waals surface area contributed by atoms with Gasteiger partial charge in [-0.25, -0.2) is 0 Å². The van der Waals surface area contributed by atoms with Gasteiger partial charge in [0.15, 0.2) is 0 Å². The number of hydrogen-bond donors (Lipinski definition) is 2. The van der Waals surface area contributed by atoms with Crippen molar-refractivity contribution in [3.63, 3.8) is 0 Å². The second-order valence-corrected chi connectivity index (χ2v) is 8.27. The number of nitrogens with one attached hydrogen (secondary N) is 2. The van der Waals surface area contributed by atoms with Gasteiger partial charge in [0, 0.05) is 61.4 Å². The van der Waals surface area contributed by atoms with Crippen LogP contribution in [0.15, 0.2) is 77.2 Å². The summed E-state index contributed by atoms with van der Waals surface area (Å²) in [5, 5.41) is 18.4. The smallest absolute Gasteiger partial charge is 0.270 e. The van der Waals surface area contributed by atoms with Crippen LogP contribution in [0, 0.1) is 10.1 Å². The zero-order valence-corrected chi connectivity index (χ0v) is 18.5. The molecule has 1 aromatic heterocycles. The average molecular weight is 457 g/mol. The second-order valence-electron chi connectivity index (χ2n) is 8.27. The van der Waals surface area contributed by atoms with Crippen LogP contribution in [0.1, 0.15) is 15.9 Å². The maximum atomic E-state index is 12.8. The van der Waals surface area contributed by atoms with Gasteiger partial charge in [-0.3, -0.25) is 19.8 Å². The van der Waals surface area contributed by atoms with Gasteiger partial charge in [0.25, 0.3) is 11.6 Å². The normalized spacial score (nSPS) is 14.2. The van der Waals surface area contributed by atoms with Crippen LogP contribution in [-0.2, 0) is 6.54 Å². The fraction of sp³-hybridized carbons (Fsp3) is 0.192. The third-order valence-electron chi connectivity index (χ3n) is 6.02. The molecule has 4 aromatic rings. The molecule has 2 N–H and O–H groups in total. The van der Waals surface area contributed by atoms with E-state index in [2.05, 4.69) is 21.6 Å². The summed E-state index contributed by atoms with van der Waals surface area (Å²) in [5.41, 5.74) is 3.39. The predicted molar refractivity (Wildman–Crippen MR) is 131 cm³/mol. The van der Waals surface area contributed by atoms with Crippen LogP contribution in [0.5, 0.6) is 0 Å². The van der Waals surface area contributed by atoms with Gasteiger partial charge in [0.05, 0.1) is 10.6 Å². The molecular formula is C26H24N4O4. The number of rotatable bonds is 6. The van der Waals surface area contributed by atoms with E-state index >= 15 is 0 Å². The summed E-state index contributed by atoms with van der Waals surface area (Å²) >= 11 is 0. The monoisotopic (exact) mass is 456 g/mol. The lowest BCUT2D eigenvalue weighted by Gasteiger charge is -2.27. The number of nitrogens with zero attached hydrogens (tertiary/aromatic N) is 2. The maximum Gasteiger partial charge on any atom is 0.270 e. The van der Waals surface area contributed by atoms with E-state index in [0.717, 1.165) is 49.3 Å². The van der Waals surface area contributed by atoms with Gasteiger partial charge < -0.3 is 15.1 Å². The molecule has 8 heteroatoms. The fourth-order valence-electron chi connectivity index (χ4n) is 4.26. The molecule has 0 aliphatic carbocycles. The number of piperazine rings is 1. The number of carbonyl (C=O) groups is 1. The van der Waals surface area contributed by atoms with Crippen LogP contribution in [0.4, 0.5) is 11.4 Å². The fourth-order valence-corrected chi connectivity index (χ4v) is 4.26. The molecule has 0 atom stereocenters. The molecular weight excluding hydrogens is 432 g/mol. The molecule has 1 amide bonds. The van der Waals surface area contributed by atoms with Gasteiger partial charge in [0.1, 0.15) is 11.3 Å². The molecule has 0 saturated carbocycles. The predicted octanol–water partition coefficient (Wildman–Crippen LogP) is 4.67. The highest BCUT2D eigenvalue weighted by Gasteiger charge is 2.18. The number of para-hydroxylation sites is 1. The zero-order valence-electron chi connectivity index (χ0n) is 18.5. The van der Waals surface area contributed by atoms with Crippen molar-refractivity contribution in [2.24, 2.45) is 0 Å². The van der Waals surface area contributed by atoms with Gasteiger partial charge in [0.2, 0.25) is 0 Å². The van der Waals surface area contributed by atoms with Crippen LogP contribution < -0.4 is 10.6 Å². The Labute approximate surface area is 196 Å². The van der Waals surface area contributed by atoms with E-state index in [4.69, 9.17) is 4.42 Å². The van der Waals surface area contributed by atoms with Crippen LogP contribution >= 0.6 is 0 Å². The minimum absolute atomic E-state index is 0.129. The Hall–Kier alpha value is -4.01. The third-order valence-corrected chi connectivity index (χ3v) is 6.02. The van der Waals surface area contributed by atoms with Crippen molar-refractivity contribution < 1.29 is 14.1 Å². The largest absolute Gasteiger partial charge is 0.456 e. The number of nitro benzene ring substituents is 1. The van der Waals surface area contributed by atoms with Gasteiger partial charge in [-0.2, -0.15) is 0 Å². The molecule has 1 saturated heterocycles. The molecule has 34 heavy (non-hydrogen) atoms. The topological polar surface area (TPSA) is 101 Å². The summed E-state index contributed by atoms with van der Waals surface area (Å²) in [6, 6.07) is 21.2. The maximum absolute atomic E-state index is 12.8.